The Morgan fingerprint density at radius 1 is 0.939 bits per heavy atom. The number of piperazine rings is 1. The van der Waals surface area contributed by atoms with Gasteiger partial charge in [-0.3, -0.25) is 4.79 Å². The van der Waals surface area contributed by atoms with Crippen LogP contribution in [0.3, 0.4) is 0 Å². The Kier molecular flexibility index (Phi) is 6.05. The second-order valence-electron chi connectivity index (χ2n) is 7.95. The van der Waals surface area contributed by atoms with Crippen LogP contribution >= 0.6 is 0 Å². The molecule has 2 heterocycles. The summed E-state index contributed by atoms with van der Waals surface area (Å²) in [4.78, 5) is 25.5. The first-order chi connectivity index (χ1) is 15.6. The van der Waals surface area contributed by atoms with Crippen molar-refractivity contribution in [1.82, 2.24) is 14.9 Å². The molecule has 0 spiro atoms. The van der Waals surface area contributed by atoms with Crippen molar-refractivity contribution in [3.63, 3.8) is 0 Å². The normalized spacial score (nSPS) is 14.5. The average Bonchev–Trinajstić information content (AvgIpc) is 2.80. The number of hydrogen-bond acceptors (Lipinski definition) is 4. The Morgan fingerprint density at radius 3 is 2.30 bits per heavy atom. The molecule has 3 aromatic rings. The minimum absolute atomic E-state index is 0.0146. The molecule has 4 rings (SSSR count). The van der Waals surface area contributed by atoms with Crippen molar-refractivity contribution in [2.75, 3.05) is 31.1 Å². The Labute approximate surface area is 188 Å². The number of carbonyl (C=O) groups excluding carboxylic acids is 1. The van der Waals surface area contributed by atoms with Crippen molar-refractivity contribution in [2.45, 2.75) is 20.0 Å². The van der Waals surface area contributed by atoms with Crippen LogP contribution in [0.15, 0.2) is 48.5 Å². The minimum Gasteiger partial charge on any atom is -0.353 e. The van der Waals surface area contributed by atoms with Gasteiger partial charge in [0, 0.05) is 48.6 Å². The summed E-state index contributed by atoms with van der Waals surface area (Å²) in [5.41, 5.74) is 1.39. The third-order valence-corrected chi connectivity index (χ3v) is 5.75. The van der Waals surface area contributed by atoms with E-state index >= 15 is 0 Å². The predicted molar refractivity (Wildman–Crippen MR) is 116 cm³/mol. The Balaban J connectivity index is 1.52. The highest BCUT2D eigenvalue weighted by atomic mass is 19.4. The largest absolute Gasteiger partial charge is 0.416 e. The number of benzene rings is 2. The van der Waals surface area contributed by atoms with Crippen LogP contribution in [0.5, 0.6) is 0 Å². The zero-order chi connectivity index (χ0) is 23.8. The molecule has 1 saturated heterocycles. The van der Waals surface area contributed by atoms with Gasteiger partial charge in [-0.1, -0.05) is 18.2 Å². The molecule has 0 aliphatic carbocycles. The fourth-order valence-corrected chi connectivity index (χ4v) is 3.81. The van der Waals surface area contributed by atoms with E-state index in [1.165, 1.54) is 24.3 Å². The molecule has 1 aliphatic rings. The van der Waals surface area contributed by atoms with E-state index in [2.05, 4.69) is 9.97 Å². The molecule has 0 atom stereocenters. The molecule has 0 bridgehead atoms. The minimum atomic E-state index is -4.50. The van der Waals surface area contributed by atoms with Gasteiger partial charge in [0.2, 0.25) is 0 Å². The number of halogens is 4. The smallest absolute Gasteiger partial charge is 0.353 e. The number of nitrogens with zero attached hydrogens (tertiary/aromatic N) is 4. The predicted octanol–water partition coefficient (Wildman–Crippen LogP) is 4.88. The molecule has 5 nitrogen and oxygen atoms in total. The van der Waals surface area contributed by atoms with Gasteiger partial charge in [-0.05, 0) is 44.2 Å². The molecule has 1 fully saturated rings. The van der Waals surface area contributed by atoms with Crippen LogP contribution in [0.4, 0.5) is 23.4 Å². The fourth-order valence-electron chi connectivity index (χ4n) is 3.81. The van der Waals surface area contributed by atoms with Crippen LogP contribution in [0.1, 0.15) is 27.2 Å². The van der Waals surface area contributed by atoms with Gasteiger partial charge in [0.1, 0.15) is 11.6 Å². The average molecular weight is 458 g/mol. The van der Waals surface area contributed by atoms with Gasteiger partial charge >= 0.3 is 6.18 Å². The maximum atomic E-state index is 13.7. The molecule has 0 saturated carbocycles. The van der Waals surface area contributed by atoms with Crippen LogP contribution in [0, 0.1) is 19.7 Å². The van der Waals surface area contributed by atoms with Gasteiger partial charge in [0.15, 0.2) is 5.82 Å². The summed E-state index contributed by atoms with van der Waals surface area (Å²) in [7, 11) is 0. The molecular weight excluding hydrogens is 436 g/mol. The first-order valence-corrected chi connectivity index (χ1v) is 10.5. The maximum absolute atomic E-state index is 13.7. The summed E-state index contributed by atoms with van der Waals surface area (Å²) in [6.07, 6.45) is -4.50. The molecule has 172 valence electrons. The number of amides is 1. The Morgan fingerprint density at radius 2 is 1.64 bits per heavy atom. The Bertz CT molecular complexity index is 1190. The van der Waals surface area contributed by atoms with Gasteiger partial charge in [0.25, 0.3) is 5.91 Å². The third kappa shape index (κ3) is 4.81. The summed E-state index contributed by atoms with van der Waals surface area (Å²) in [6, 6.07) is 10.5. The van der Waals surface area contributed by atoms with Gasteiger partial charge in [-0.15, -0.1) is 0 Å². The highest BCUT2D eigenvalue weighted by Gasteiger charge is 2.32. The Hall–Kier alpha value is -3.49. The molecule has 1 amide bonds. The van der Waals surface area contributed by atoms with Crippen molar-refractivity contribution < 1.29 is 22.4 Å². The fraction of sp³-hybridized carbons (Fsp3) is 0.292. The standard InChI is InChI=1S/C24H22F4N4O/c1-15-16(2)29-21(17-5-4-8-20(25)14-17)30-22(15)31-9-11-32(12-10-31)23(33)18-6-3-7-19(13-18)24(26,27)28/h3-8,13-14H,9-12H2,1-2H3. The van der Waals surface area contributed by atoms with Crippen molar-refractivity contribution >= 4 is 11.7 Å². The van der Waals surface area contributed by atoms with Crippen LogP contribution in [-0.4, -0.2) is 47.0 Å². The summed E-state index contributed by atoms with van der Waals surface area (Å²) in [5.74, 6) is 0.303. The molecule has 2 aromatic carbocycles. The quantitative estimate of drug-likeness (QED) is 0.525. The lowest BCUT2D eigenvalue weighted by Crippen LogP contribution is -2.49. The van der Waals surface area contributed by atoms with Crippen LogP contribution < -0.4 is 4.90 Å². The number of alkyl halides is 3. The first kappa shape index (κ1) is 22.7. The zero-order valence-electron chi connectivity index (χ0n) is 18.2. The summed E-state index contributed by atoms with van der Waals surface area (Å²) >= 11 is 0. The van der Waals surface area contributed by atoms with Gasteiger partial charge in [-0.2, -0.15) is 13.2 Å². The zero-order valence-corrected chi connectivity index (χ0v) is 18.2. The monoisotopic (exact) mass is 458 g/mol. The summed E-state index contributed by atoms with van der Waals surface area (Å²) in [6.45, 7) is 5.37. The van der Waals surface area contributed by atoms with Crippen LogP contribution in [-0.2, 0) is 6.18 Å². The number of carbonyl (C=O) groups is 1. The highest BCUT2D eigenvalue weighted by Crippen LogP contribution is 2.30. The number of rotatable bonds is 3. The van der Waals surface area contributed by atoms with E-state index in [0.717, 1.165) is 23.4 Å². The molecule has 1 aliphatic heterocycles. The van der Waals surface area contributed by atoms with E-state index in [4.69, 9.17) is 0 Å². The van der Waals surface area contributed by atoms with E-state index in [1.54, 1.807) is 17.0 Å². The molecule has 0 radical (unpaired) electrons. The highest BCUT2D eigenvalue weighted by molar-refractivity contribution is 5.94. The topological polar surface area (TPSA) is 49.3 Å². The number of aryl methyl sites for hydroxylation is 1. The molecule has 33 heavy (non-hydrogen) atoms. The van der Waals surface area contributed by atoms with Gasteiger partial charge in [0.05, 0.1) is 5.56 Å². The van der Waals surface area contributed by atoms with E-state index in [1.807, 2.05) is 18.7 Å². The van der Waals surface area contributed by atoms with Crippen LogP contribution in [0.25, 0.3) is 11.4 Å². The third-order valence-electron chi connectivity index (χ3n) is 5.75. The second kappa shape index (κ2) is 8.80. The van der Waals surface area contributed by atoms with Crippen molar-refractivity contribution in [3.8, 4) is 11.4 Å². The van der Waals surface area contributed by atoms with Gasteiger partial charge < -0.3 is 9.80 Å². The first-order valence-electron chi connectivity index (χ1n) is 10.5. The molecule has 0 unspecified atom stereocenters. The lowest BCUT2D eigenvalue weighted by Gasteiger charge is -2.36. The lowest BCUT2D eigenvalue weighted by molar-refractivity contribution is -0.137. The summed E-state index contributed by atoms with van der Waals surface area (Å²) < 4.78 is 52.7. The number of anilines is 1. The summed E-state index contributed by atoms with van der Waals surface area (Å²) in [5, 5.41) is 0. The van der Waals surface area contributed by atoms with E-state index in [9.17, 15) is 22.4 Å². The lowest BCUT2D eigenvalue weighted by atomic mass is 10.1. The van der Waals surface area contributed by atoms with E-state index in [0.29, 0.717) is 43.4 Å². The molecular formula is C24H22F4N4O. The van der Waals surface area contributed by atoms with Gasteiger partial charge in [-0.25, -0.2) is 14.4 Å². The van der Waals surface area contributed by atoms with Crippen molar-refractivity contribution in [2.24, 2.45) is 0 Å². The maximum Gasteiger partial charge on any atom is 0.416 e. The number of hydrogen-bond donors (Lipinski definition) is 0. The van der Waals surface area contributed by atoms with Crippen LogP contribution in [0.2, 0.25) is 0 Å². The molecule has 0 N–H and O–H groups in total. The molecule has 9 heteroatoms. The SMILES string of the molecule is Cc1nc(-c2cccc(F)c2)nc(N2CCN(C(=O)c3cccc(C(F)(F)F)c3)CC2)c1C. The van der Waals surface area contributed by atoms with Crippen molar-refractivity contribution in [3.05, 3.63) is 76.7 Å². The second-order valence-corrected chi connectivity index (χ2v) is 7.95. The van der Waals surface area contributed by atoms with E-state index in [-0.39, 0.29) is 11.4 Å². The molecule has 1 aromatic heterocycles. The number of aromatic nitrogens is 2. The van der Waals surface area contributed by atoms with E-state index < -0.39 is 17.6 Å². The van der Waals surface area contributed by atoms with Crippen molar-refractivity contribution in [1.29, 1.82) is 0 Å².